The number of carbonyl (C=O) groups excluding carboxylic acids is 1. The highest BCUT2D eigenvalue weighted by Gasteiger charge is 2.08. The number of hydrogen-bond donors (Lipinski definition) is 0. The van der Waals surface area contributed by atoms with E-state index in [-0.39, 0.29) is 0 Å². The van der Waals surface area contributed by atoms with E-state index in [0.29, 0.717) is 5.56 Å². The Morgan fingerprint density at radius 2 is 2.17 bits per heavy atom. The van der Waals surface area contributed by atoms with Crippen molar-refractivity contribution >= 4 is 17.3 Å². The average Bonchev–Trinajstić information content (AvgIpc) is 3.04. The second-order valence-electron chi connectivity index (χ2n) is 4.04. The van der Waals surface area contributed by atoms with Crippen molar-refractivity contribution in [3.8, 4) is 0 Å². The molecule has 0 aliphatic heterocycles. The summed E-state index contributed by atoms with van der Waals surface area (Å²) in [5, 5.41) is 5.05. The molecular weight excluding hydrogens is 228 g/mol. The number of rotatable bonds is 4. The standard InChI is InChI=1S/C13H12N4O/c18-10-11-9-16(7-8-17-6-2-5-15-17)13-12(11)3-1-4-14-13/h1-6,9-10H,7-8H2. The predicted octanol–water partition coefficient (Wildman–Crippen LogP) is 1.75. The van der Waals surface area contributed by atoms with Gasteiger partial charge in [0.15, 0.2) is 6.29 Å². The molecule has 5 heteroatoms. The van der Waals surface area contributed by atoms with Gasteiger partial charge in [-0.2, -0.15) is 5.10 Å². The molecule has 5 nitrogen and oxygen atoms in total. The maximum absolute atomic E-state index is 11.0. The second-order valence-corrected chi connectivity index (χ2v) is 4.04. The molecule has 0 saturated heterocycles. The summed E-state index contributed by atoms with van der Waals surface area (Å²) in [6.07, 6.45) is 8.12. The van der Waals surface area contributed by atoms with E-state index < -0.39 is 0 Å². The number of pyridine rings is 1. The smallest absolute Gasteiger partial charge is 0.152 e. The van der Waals surface area contributed by atoms with Gasteiger partial charge in [0, 0.05) is 42.3 Å². The monoisotopic (exact) mass is 240 g/mol. The van der Waals surface area contributed by atoms with E-state index in [1.807, 2.05) is 39.8 Å². The fraction of sp³-hybridized carbons (Fsp3) is 0.154. The zero-order valence-corrected chi connectivity index (χ0v) is 9.73. The van der Waals surface area contributed by atoms with Gasteiger partial charge in [0.1, 0.15) is 5.65 Å². The van der Waals surface area contributed by atoms with Crippen molar-refractivity contribution < 1.29 is 4.79 Å². The van der Waals surface area contributed by atoms with Gasteiger partial charge in [-0.1, -0.05) is 0 Å². The lowest BCUT2D eigenvalue weighted by Gasteiger charge is -2.04. The van der Waals surface area contributed by atoms with Gasteiger partial charge in [0.25, 0.3) is 0 Å². The van der Waals surface area contributed by atoms with Crippen LogP contribution in [-0.4, -0.2) is 25.6 Å². The molecule has 18 heavy (non-hydrogen) atoms. The number of nitrogens with zero attached hydrogens (tertiary/aromatic N) is 4. The third kappa shape index (κ3) is 1.79. The molecule has 3 aromatic heterocycles. The molecule has 0 unspecified atom stereocenters. The Labute approximate surface area is 104 Å². The summed E-state index contributed by atoms with van der Waals surface area (Å²) in [5.41, 5.74) is 1.52. The molecule has 0 radical (unpaired) electrons. The summed E-state index contributed by atoms with van der Waals surface area (Å²) < 4.78 is 3.84. The minimum atomic E-state index is 0.679. The predicted molar refractivity (Wildman–Crippen MR) is 67.3 cm³/mol. The summed E-state index contributed by atoms with van der Waals surface area (Å²) in [6, 6.07) is 5.65. The fourth-order valence-electron chi connectivity index (χ4n) is 2.06. The highest BCUT2D eigenvalue weighted by Crippen LogP contribution is 2.17. The van der Waals surface area contributed by atoms with Crippen LogP contribution in [0, 0.1) is 0 Å². The first kappa shape index (κ1) is 10.7. The number of aryl methyl sites for hydroxylation is 2. The van der Waals surface area contributed by atoms with Crippen LogP contribution in [0.1, 0.15) is 10.4 Å². The van der Waals surface area contributed by atoms with Crippen LogP contribution < -0.4 is 0 Å². The van der Waals surface area contributed by atoms with Gasteiger partial charge in [-0.25, -0.2) is 4.98 Å². The summed E-state index contributed by atoms with van der Waals surface area (Å²) in [4.78, 5) is 15.3. The molecule has 3 heterocycles. The molecular formula is C13H12N4O. The molecule has 0 aliphatic carbocycles. The lowest BCUT2D eigenvalue weighted by atomic mass is 10.2. The Morgan fingerprint density at radius 1 is 1.22 bits per heavy atom. The summed E-state index contributed by atoms with van der Waals surface area (Å²) in [7, 11) is 0. The van der Waals surface area contributed by atoms with Crippen molar-refractivity contribution in [2.75, 3.05) is 0 Å². The largest absolute Gasteiger partial charge is 0.330 e. The van der Waals surface area contributed by atoms with Crippen LogP contribution in [0.25, 0.3) is 11.0 Å². The van der Waals surface area contributed by atoms with E-state index >= 15 is 0 Å². The molecule has 0 bridgehead atoms. The quantitative estimate of drug-likeness (QED) is 0.653. The number of fused-ring (bicyclic) bond motifs is 1. The maximum atomic E-state index is 11.0. The van der Waals surface area contributed by atoms with E-state index in [9.17, 15) is 4.79 Å². The molecule has 0 aliphatic rings. The van der Waals surface area contributed by atoms with Gasteiger partial charge in [-0.3, -0.25) is 9.48 Å². The normalized spacial score (nSPS) is 10.9. The molecule has 0 amide bonds. The Hall–Kier alpha value is -2.43. The molecule has 0 atom stereocenters. The first-order valence-electron chi connectivity index (χ1n) is 5.75. The third-order valence-electron chi connectivity index (χ3n) is 2.92. The van der Waals surface area contributed by atoms with Gasteiger partial charge in [-0.15, -0.1) is 0 Å². The Bertz CT molecular complexity index is 669. The summed E-state index contributed by atoms with van der Waals surface area (Å²) >= 11 is 0. The van der Waals surface area contributed by atoms with Crippen molar-refractivity contribution in [1.29, 1.82) is 0 Å². The van der Waals surface area contributed by atoms with Crippen LogP contribution in [0.15, 0.2) is 43.0 Å². The highest BCUT2D eigenvalue weighted by atomic mass is 16.1. The Kier molecular flexibility index (Phi) is 2.64. The van der Waals surface area contributed by atoms with Crippen molar-refractivity contribution in [2.24, 2.45) is 0 Å². The van der Waals surface area contributed by atoms with Crippen LogP contribution in [-0.2, 0) is 13.1 Å². The minimum Gasteiger partial charge on any atom is -0.330 e. The van der Waals surface area contributed by atoms with Crippen LogP contribution >= 0.6 is 0 Å². The molecule has 90 valence electrons. The van der Waals surface area contributed by atoms with Gasteiger partial charge < -0.3 is 4.57 Å². The van der Waals surface area contributed by atoms with Gasteiger partial charge >= 0.3 is 0 Å². The second kappa shape index (κ2) is 4.44. The minimum absolute atomic E-state index is 0.679. The number of hydrogen-bond acceptors (Lipinski definition) is 3. The molecule has 0 N–H and O–H groups in total. The van der Waals surface area contributed by atoms with Gasteiger partial charge in [0.2, 0.25) is 0 Å². The zero-order valence-electron chi connectivity index (χ0n) is 9.73. The molecule has 0 fully saturated rings. The summed E-state index contributed by atoms with van der Waals surface area (Å²) in [6.45, 7) is 1.49. The number of carbonyl (C=O) groups is 1. The van der Waals surface area contributed by atoms with Crippen LogP contribution in [0.5, 0.6) is 0 Å². The topological polar surface area (TPSA) is 52.7 Å². The number of aldehydes is 1. The van der Waals surface area contributed by atoms with Crippen LogP contribution in [0.4, 0.5) is 0 Å². The van der Waals surface area contributed by atoms with Crippen molar-refractivity contribution in [1.82, 2.24) is 19.3 Å². The van der Waals surface area contributed by atoms with E-state index in [2.05, 4.69) is 10.1 Å². The van der Waals surface area contributed by atoms with Crippen LogP contribution in [0.3, 0.4) is 0 Å². The zero-order chi connectivity index (χ0) is 12.4. The van der Waals surface area contributed by atoms with E-state index in [1.54, 1.807) is 12.4 Å². The first-order valence-corrected chi connectivity index (χ1v) is 5.75. The van der Waals surface area contributed by atoms with Gasteiger partial charge in [0.05, 0.1) is 6.54 Å². The average molecular weight is 240 g/mol. The van der Waals surface area contributed by atoms with E-state index in [4.69, 9.17) is 0 Å². The lowest BCUT2D eigenvalue weighted by Crippen LogP contribution is -2.07. The van der Waals surface area contributed by atoms with Crippen molar-refractivity contribution in [3.63, 3.8) is 0 Å². The van der Waals surface area contributed by atoms with Gasteiger partial charge in [-0.05, 0) is 18.2 Å². The van der Waals surface area contributed by atoms with E-state index in [0.717, 1.165) is 30.4 Å². The molecule has 0 aromatic carbocycles. The Balaban J connectivity index is 1.94. The fourth-order valence-corrected chi connectivity index (χ4v) is 2.06. The van der Waals surface area contributed by atoms with Crippen LogP contribution in [0.2, 0.25) is 0 Å². The highest BCUT2D eigenvalue weighted by molar-refractivity contribution is 5.95. The van der Waals surface area contributed by atoms with Crippen molar-refractivity contribution in [2.45, 2.75) is 13.1 Å². The molecule has 3 rings (SSSR count). The third-order valence-corrected chi connectivity index (χ3v) is 2.92. The summed E-state index contributed by atoms with van der Waals surface area (Å²) in [5.74, 6) is 0. The maximum Gasteiger partial charge on any atom is 0.152 e. The SMILES string of the molecule is O=Cc1cn(CCn2cccn2)c2ncccc12. The first-order chi connectivity index (χ1) is 8.88. The molecule has 0 saturated carbocycles. The Morgan fingerprint density at radius 3 is 2.94 bits per heavy atom. The van der Waals surface area contributed by atoms with Crippen molar-refractivity contribution in [3.05, 3.63) is 48.5 Å². The van der Waals surface area contributed by atoms with E-state index in [1.165, 1.54) is 0 Å². The lowest BCUT2D eigenvalue weighted by molar-refractivity contribution is 0.112. The number of aromatic nitrogens is 4. The molecule has 3 aromatic rings. The molecule has 0 spiro atoms.